The zero-order valence-electron chi connectivity index (χ0n) is 13.1. The van der Waals surface area contributed by atoms with Gasteiger partial charge in [0.1, 0.15) is 5.82 Å². The Labute approximate surface area is 141 Å². The number of carbonyl (C=O) groups is 1. The lowest BCUT2D eigenvalue weighted by Gasteiger charge is -2.14. The SMILES string of the molecule is O=C1/C(=C/c2ccc([N+](=O)[O-])cc2)CCc2[nH]c3ccc(F)cc3c21. The summed E-state index contributed by atoms with van der Waals surface area (Å²) in [6, 6.07) is 10.4. The molecule has 0 radical (unpaired) electrons. The van der Waals surface area contributed by atoms with Crippen molar-refractivity contribution >= 4 is 28.4 Å². The van der Waals surface area contributed by atoms with Crippen LogP contribution in [-0.4, -0.2) is 15.7 Å². The molecule has 1 heterocycles. The number of ketones is 1. The Morgan fingerprint density at radius 3 is 2.60 bits per heavy atom. The number of hydrogen-bond acceptors (Lipinski definition) is 3. The largest absolute Gasteiger partial charge is 0.358 e. The first kappa shape index (κ1) is 15.3. The Kier molecular flexibility index (Phi) is 3.46. The molecule has 0 atom stereocenters. The number of non-ortho nitro benzene ring substituents is 1. The molecule has 3 aromatic rings. The summed E-state index contributed by atoms with van der Waals surface area (Å²) in [5.41, 5.74) is 3.44. The lowest BCUT2D eigenvalue weighted by atomic mass is 9.88. The minimum absolute atomic E-state index is 0.00603. The fourth-order valence-corrected chi connectivity index (χ4v) is 3.23. The first-order valence-corrected chi connectivity index (χ1v) is 7.83. The summed E-state index contributed by atoms with van der Waals surface area (Å²) in [4.78, 5) is 26.3. The Balaban J connectivity index is 1.74. The fraction of sp³-hybridized carbons (Fsp3) is 0.105. The molecule has 1 aromatic heterocycles. The van der Waals surface area contributed by atoms with Gasteiger partial charge in [-0.2, -0.15) is 0 Å². The zero-order valence-corrected chi connectivity index (χ0v) is 13.1. The number of nitro groups is 1. The fourth-order valence-electron chi connectivity index (χ4n) is 3.23. The third kappa shape index (κ3) is 2.61. The lowest BCUT2D eigenvalue weighted by molar-refractivity contribution is -0.384. The van der Waals surface area contributed by atoms with Gasteiger partial charge in [-0.3, -0.25) is 14.9 Å². The molecule has 2 aromatic carbocycles. The van der Waals surface area contributed by atoms with Crippen LogP contribution in [0.5, 0.6) is 0 Å². The van der Waals surface area contributed by atoms with E-state index in [0.29, 0.717) is 29.4 Å². The number of allylic oxidation sites excluding steroid dienone is 1. The van der Waals surface area contributed by atoms with E-state index in [4.69, 9.17) is 0 Å². The summed E-state index contributed by atoms with van der Waals surface area (Å²) in [5, 5.41) is 11.3. The van der Waals surface area contributed by atoms with Gasteiger partial charge in [0.15, 0.2) is 5.78 Å². The number of aromatic nitrogens is 1. The average molecular weight is 336 g/mol. The average Bonchev–Trinajstić information content (AvgIpc) is 2.96. The van der Waals surface area contributed by atoms with Gasteiger partial charge < -0.3 is 4.98 Å². The van der Waals surface area contributed by atoms with E-state index >= 15 is 0 Å². The second-order valence-electron chi connectivity index (χ2n) is 6.02. The van der Waals surface area contributed by atoms with Crippen molar-refractivity contribution in [2.24, 2.45) is 0 Å². The van der Waals surface area contributed by atoms with E-state index < -0.39 is 4.92 Å². The number of aryl methyl sites for hydroxylation is 1. The number of hydrogen-bond donors (Lipinski definition) is 1. The number of carbonyl (C=O) groups excluding carboxylic acids is 1. The van der Waals surface area contributed by atoms with E-state index in [9.17, 15) is 19.3 Å². The van der Waals surface area contributed by atoms with Gasteiger partial charge in [0, 0.05) is 34.3 Å². The molecule has 0 saturated carbocycles. The molecule has 0 saturated heterocycles. The molecule has 1 N–H and O–H groups in total. The normalized spacial score (nSPS) is 15.6. The van der Waals surface area contributed by atoms with Crippen LogP contribution < -0.4 is 0 Å². The highest BCUT2D eigenvalue weighted by atomic mass is 19.1. The lowest BCUT2D eigenvalue weighted by Crippen LogP contribution is -2.13. The predicted molar refractivity (Wildman–Crippen MR) is 92.0 cm³/mol. The van der Waals surface area contributed by atoms with Crippen molar-refractivity contribution in [2.75, 3.05) is 0 Å². The summed E-state index contributed by atoms with van der Waals surface area (Å²) in [6.45, 7) is 0. The van der Waals surface area contributed by atoms with Crippen molar-refractivity contribution in [2.45, 2.75) is 12.8 Å². The maximum atomic E-state index is 13.6. The van der Waals surface area contributed by atoms with E-state index in [-0.39, 0.29) is 17.3 Å². The van der Waals surface area contributed by atoms with Crippen LogP contribution in [0.15, 0.2) is 48.0 Å². The highest BCUT2D eigenvalue weighted by Crippen LogP contribution is 2.32. The summed E-state index contributed by atoms with van der Waals surface area (Å²) in [7, 11) is 0. The molecule has 0 bridgehead atoms. The summed E-state index contributed by atoms with van der Waals surface area (Å²) in [6.07, 6.45) is 2.97. The molecule has 1 aliphatic rings. The topological polar surface area (TPSA) is 76.0 Å². The Hall–Kier alpha value is -3.28. The predicted octanol–water partition coefficient (Wildman–Crippen LogP) is 4.43. The smallest absolute Gasteiger partial charge is 0.269 e. The van der Waals surface area contributed by atoms with Crippen molar-refractivity contribution < 1.29 is 14.1 Å². The van der Waals surface area contributed by atoms with Gasteiger partial charge in [-0.05, 0) is 54.8 Å². The molecule has 124 valence electrons. The van der Waals surface area contributed by atoms with Gasteiger partial charge in [-0.25, -0.2) is 4.39 Å². The second kappa shape index (κ2) is 5.66. The van der Waals surface area contributed by atoms with Crippen molar-refractivity contribution in [3.63, 3.8) is 0 Å². The van der Waals surface area contributed by atoms with E-state index in [1.165, 1.54) is 24.3 Å². The molecule has 0 unspecified atom stereocenters. The Morgan fingerprint density at radius 2 is 1.88 bits per heavy atom. The second-order valence-corrected chi connectivity index (χ2v) is 6.02. The van der Waals surface area contributed by atoms with Gasteiger partial charge in [0.2, 0.25) is 0 Å². The van der Waals surface area contributed by atoms with Crippen molar-refractivity contribution in [3.8, 4) is 0 Å². The highest BCUT2D eigenvalue weighted by Gasteiger charge is 2.26. The monoisotopic (exact) mass is 336 g/mol. The van der Waals surface area contributed by atoms with E-state index in [2.05, 4.69) is 4.98 Å². The summed E-state index contributed by atoms with van der Waals surface area (Å²) in [5.74, 6) is -0.509. The molecule has 6 heteroatoms. The van der Waals surface area contributed by atoms with Crippen molar-refractivity contribution in [3.05, 3.63) is 80.8 Å². The minimum Gasteiger partial charge on any atom is -0.358 e. The summed E-state index contributed by atoms with van der Waals surface area (Å²) < 4.78 is 13.6. The number of nitrogens with one attached hydrogen (secondary N) is 1. The van der Waals surface area contributed by atoms with Gasteiger partial charge in [-0.1, -0.05) is 0 Å². The number of nitro benzene ring substituents is 1. The third-order valence-electron chi connectivity index (χ3n) is 4.45. The summed E-state index contributed by atoms with van der Waals surface area (Å²) >= 11 is 0. The number of H-pyrrole nitrogens is 1. The number of Topliss-reactive ketones (excluding diaryl/α,β-unsaturated/α-hetero) is 1. The first-order chi connectivity index (χ1) is 12.0. The Morgan fingerprint density at radius 1 is 1.12 bits per heavy atom. The number of halogens is 1. The third-order valence-corrected chi connectivity index (χ3v) is 4.45. The van der Waals surface area contributed by atoms with E-state index in [0.717, 1.165) is 16.8 Å². The maximum Gasteiger partial charge on any atom is 0.269 e. The van der Waals surface area contributed by atoms with Crippen molar-refractivity contribution in [1.29, 1.82) is 0 Å². The molecule has 1 aliphatic carbocycles. The van der Waals surface area contributed by atoms with E-state index in [1.54, 1.807) is 24.3 Å². The first-order valence-electron chi connectivity index (χ1n) is 7.83. The number of fused-ring (bicyclic) bond motifs is 3. The van der Waals surface area contributed by atoms with Crippen LogP contribution in [0.4, 0.5) is 10.1 Å². The highest BCUT2D eigenvalue weighted by molar-refractivity contribution is 6.19. The van der Waals surface area contributed by atoms with Crippen LogP contribution in [-0.2, 0) is 6.42 Å². The minimum atomic E-state index is -0.463. The molecule has 0 spiro atoms. The molecule has 4 rings (SSSR count). The molecule has 0 aliphatic heterocycles. The number of benzene rings is 2. The van der Waals surface area contributed by atoms with E-state index in [1.807, 2.05) is 0 Å². The number of aromatic amines is 1. The standard InChI is InChI=1S/C19H13FN2O3/c20-13-4-8-16-15(10-13)18-17(21-16)7-3-12(19(18)23)9-11-1-5-14(6-2-11)22(24)25/h1-2,4-6,8-10,21H,3,7H2/b12-9+. The molecule has 0 fully saturated rings. The van der Waals surface area contributed by atoms with Crippen LogP contribution >= 0.6 is 0 Å². The van der Waals surface area contributed by atoms with Crippen LogP contribution in [0.1, 0.15) is 28.0 Å². The van der Waals surface area contributed by atoms with Crippen molar-refractivity contribution in [1.82, 2.24) is 4.98 Å². The maximum absolute atomic E-state index is 13.6. The van der Waals surface area contributed by atoms with Crippen LogP contribution in [0.25, 0.3) is 17.0 Å². The quantitative estimate of drug-likeness (QED) is 0.427. The molecular formula is C19H13FN2O3. The van der Waals surface area contributed by atoms with Gasteiger partial charge in [0.25, 0.3) is 5.69 Å². The molecule has 0 amide bonds. The Bertz CT molecular complexity index is 1050. The van der Waals surface area contributed by atoms with Crippen LogP contribution in [0.2, 0.25) is 0 Å². The van der Waals surface area contributed by atoms with Crippen LogP contribution in [0, 0.1) is 15.9 Å². The van der Waals surface area contributed by atoms with Gasteiger partial charge in [-0.15, -0.1) is 0 Å². The van der Waals surface area contributed by atoms with Crippen LogP contribution in [0.3, 0.4) is 0 Å². The van der Waals surface area contributed by atoms with Gasteiger partial charge >= 0.3 is 0 Å². The van der Waals surface area contributed by atoms with Gasteiger partial charge in [0.05, 0.1) is 10.5 Å². The number of nitrogens with zero attached hydrogens (tertiary/aromatic N) is 1. The molecular weight excluding hydrogens is 323 g/mol. The zero-order chi connectivity index (χ0) is 17.6. The molecule has 5 nitrogen and oxygen atoms in total. The number of rotatable bonds is 2. The molecule has 25 heavy (non-hydrogen) atoms.